The average Bonchev–Trinajstić information content (AvgIpc) is 2.94. The lowest BCUT2D eigenvalue weighted by molar-refractivity contribution is 0.0681. The summed E-state index contributed by atoms with van der Waals surface area (Å²) in [6.07, 6.45) is 0.393. The Morgan fingerprint density at radius 2 is 1.81 bits per heavy atom. The van der Waals surface area contributed by atoms with Gasteiger partial charge in [0.2, 0.25) is 0 Å². The normalized spacial score (nSPS) is 18.7. The van der Waals surface area contributed by atoms with Crippen molar-refractivity contribution in [2.45, 2.75) is 19.0 Å². The predicted molar refractivity (Wildman–Crippen MR) is 105 cm³/mol. The molecule has 1 unspecified atom stereocenters. The Bertz CT molecular complexity index is 946. The van der Waals surface area contributed by atoms with E-state index in [0.717, 1.165) is 0 Å². The van der Waals surface area contributed by atoms with Gasteiger partial charge in [0, 0.05) is 22.6 Å². The predicted octanol–water partition coefficient (Wildman–Crippen LogP) is 4.48. The Balaban J connectivity index is 1.96. The number of hydrogen-bond acceptors (Lipinski definition) is 3. The van der Waals surface area contributed by atoms with Gasteiger partial charge in [0.15, 0.2) is 9.84 Å². The third-order valence-corrected chi connectivity index (χ3v) is 7.04. The first-order chi connectivity index (χ1) is 12.3. The maximum Gasteiger partial charge on any atom is 0.255 e. The minimum Gasteiger partial charge on any atom is -0.330 e. The van der Waals surface area contributed by atoms with Crippen molar-refractivity contribution < 1.29 is 13.2 Å². The van der Waals surface area contributed by atoms with E-state index in [4.69, 9.17) is 34.8 Å². The van der Waals surface area contributed by atoms with Crippen LogP contribution in [0.4, 0.5) is 0 Å². The molecule has 1 heterocycles. The van der Waals surface area contributed by atoms with Crippen LogP contribution in [-0.4, -0.2) is 36.8 Å². The fraction of sp³-hybridized carbons (Fsp3) is 0.278. The molecule has 0 aliphatic carbocycles. The van der Waals surface area contributed by atoms with Crippen LogP contribution in [0.2, 0.25) is 15.1 Å². The van der Waals surface area contributed by atoms with E-state index in [0.29, 0.717) is 32.6 Å². The second-order valence-corrected chi connectivity index (χ2v) is 9.69. The molecule has 26 heavy (non-hydrogen) atoms. The van der Waals surface area contributed by atoms with Gasteiger partial charge < -0.3 is 4.90 Å². The lowest BCUT2D eigenvalue weighted by atomic mass is 10.1. The van der Waals surface area contributed by atoms with Gasteiger partial charge in [-0.25, -0.2) is 8.42 Å². The molecule has 2 aromatic rings. The number of carbonyl (C=O) groups excluding carboxylic acids is 1. The summed E-state index contributed by atoms with van der Waals surface area (Å²) in [7, 11) is -3.16. The van der Waals surface area contributed by atoms with E-state index < -0.39 is 15.9 Å². The molecule has 1 fully saturated rings. The van der Waals surface area contributed by atoms with Gasteiger partial charge >= 0.3 is 0 Å². The van der Waals surface area contributed by atoms with Gasteiger partial charge in [0.1, 0.15) is 0 Å². The van der Waals surface area contributed by atoms with Crippen molar-refractivity contribution in [3.63, 3.8) is 0 Å². The molecule has 1 saturated heterocycles. The van der Waals surface area contributed by atoms with Crippen molar-refractivity contribution in [2.24, 2.45) is 0 Å². The first-order valence-electron chi connectivity index (χ1n) is 7.97. The molecule has 1 aliphatic rings. The van der Waals surface area contributed by atoms with E-state index in [1.54, 1.807) is 47.4 Å². The maximum absolute atomic E-state index is 13.1. The molecule has 0 aromatic heterocycles. The van der Waals surface area contributed by atoms with Gasteiger partial charge in [-0.3, -0.25) is 4.79 Å². The number of carbonyl (C=O) groups is 1. The summed E-state index contributed by atoms with van der Waals surface area (Å²) in [5.74, 6) is -0.309. The number of nitrogens with zero attached hydrogens (tertiary/aromatic N) is 1. The highest BCUT2D eigenvalue weighted by molar-refractivity contribution is 7.91. The van der Waals surface area contributed by atoms with Crippen molar-refractivity contribution in [1.82, 2.24) is 4.90 Å². The van der Waals surface area contributed by atoms with E-state index in [1.807, 2.05) is 0 Å². The summed E-state index contributed by atoms with van der Waals surface area (Å²) in [6.45, 7) is 0.181. The Morgan fingerprint density at radius 1 is 1.08 bits per heavy atom. The SMILES string of the molecule is O=C(c1ccccc1Cl)N(Cc1ccc(Cl)cc1Cl)C1CCS(=O)(=O)C1. The van der Waals surface area contributed by atoms with E-state index in [2.05, 4.69) is 0 Å². The summed E-state index contributed by atoms with van der Waals surface area (Å²) < 4.78 is 23.9. The number of hydrogen-bond donors (Lipinski definition) is 0. The highest BCUT2D eigenvalue weighted by Gasteiger charge is 2.35. The number of benzene rings is 2. The quantitative estimate of drug-likeness (QED) is 0.716. The zero-order valence-corrected chi connectivity index (χ0v) is 16.7. The smallest absolute Gasteiger partial charge is 0.255 e. The highest BCUT2D eigenvalue weighted by Crippen LogP contribution is 2.28. The number of amides is 1. The van der Waals surface area contributed by atoms with Crippen LogP contribution in [0.3, 0.4) is 0 Å². The minimum atomic E-state index is -3.16. The molecular weight excluding hydrogens is 417 g/mol. The first-order valence-corrected chi connectivity index (χ1v) is 10.9. The zero-order valence-electron chi connectivity index (χ0n) is 13.7. The average molecular weight is 433 g/mol. The van der Waals surface area contributed by atoms with Crippen LogP contribution in [0.25, 0.3) is 0 Å². The van der Waals surface area contributed by atoms with Crippen molar-refractivity contribution in [1.29, 1.82) is 0 Å². The molecule has 138 valence electrons. The maximum atomic E-state index is 13.1. The van der Waals surface area contributed by atoms with Gasteiger partial charge in [0.25, 0.3) is 5.91 Å². The van der Waals surface area contributed by atoms with Crippen LogP contribution in [0.15, 0.2) is 42.5 Å². The Morgan fingerprint density at radius 3 is 2.42 bits per heavy atom. The molecule has 1 atom stereocenters. The van der Waals surface area contributed by atoms with Gasteiger partial charge in [-0.05, 0) is 36.2 Å². The molecule has 0 spiro atoms. The zero-order chi connectivity index (χ0) is 18.9. The summed E-state index contributed by atoms with van der Waals surface area (Å²) in [5.41, 5.74) is 1.03. The summed E-state index contributed by atoms with van der Waals surface area (Å²) in [6, 6.07) is 11.3. The van der Waals surface area contributed by atoms with E-state index in [9.17, 15) is 13.2 Å². The Hall–Kier alpha value is -1.27. The molecule has 8 heteroatoms. The molecule has 0 saturated carbocycles. The van der Waals surface area contributed by atoms with Crippen LogP contribution < -0.4 is 0 Å². The van der Waals surface area contributed by atoms with Crippen LogP contribution in [0.1, 0.15) is 22.3 Å². The van der Waals surface area contributed by atoms with Crippen LogP contribution in [0, 0.1) is 0 Å². The monoisotopic (exact) mass is 431 g/mol. The summed E-state index contributed by atoms with van der Waals surface area (Å²) in [5, 5.41) is 1.24. The van der Waals surface area contributed by atoms with Crippen molar-refractivity contribution >= 4 is 50.5 Å². The number of sulfone groups is 1. The standard InChI is InChI=1S/C18H16Cl3NO3S/c19-13-6-5-12(17(21)9-13)10-22(14-7-8-26(24,25)11-14)18(23)15-3-1-2-4-16(15)20/h1-6,9,14H,7-8,10-11H2. The number of halogens is 3. The fourth-order valence-corrected chi connectivity index (χ4v) is 5.43. The topological polar surface area (TPSA) is 54.5 Å². The van der Waals surface area contributed by atoms with E-state index in [-0.39, 0.29) is 24.0 Å². The molecule has 0 bridgehead atoms. The third kappa shape index (κ3) is 4.34. The lowest BCUT2D eigenvalue weighted by Crippen LogP contribution is -2.40. The Kier molecular flexibility index (Phi) is 5.82. The second kappa shape index (κ2) is 7.77. The minimum absolute atomic E-state index is 0.0611. The Labute approximate surface area is 167 Å². The first kappa shape index (κ1) is 19.5. The second-order valence-electron chi connectivity index (χ2n) is 6.21. The van der Waals surface area contributed by atoms with Gasteiger partial charge in [-0.15, -0.1) is 0 Å². The summed E-state index contributed by atoms with van der Waals surface area (Å²) >= 11 is 18.4. The van der Waals surface area contributed by atoms with Crippen molar-refractivity contribution in [3.8, 4) is 0 Å². The summed E-state index contributed by atoms with van der Waals surface area (Å²) in [4.78, 5) is 14.7. The van der Waals surface area contributed by atoms with Crippen molar-refractivity contribution in [2.75, 3.05) is 11.5 Å². The number of rotatable bonds is 4. The molecule has 0 radical (unpaired) electrons. The molecule has 1 amide bonds. The molecule has 2 aromatic carbocycles. The molecule has 3 rings (SSSR count). The molecule has 4 nitrogen and oxygen atoms in total. The van der Waals surface area contributed by atoms with Gasteiger partial charge in [-0.1, -0.05) is 53.0 Å². The molecule has 0 N–H and O–H groups in total. The van der Waals surface area contributed by atoms with Gasteiger partial charge in [-0.2, -0.15) is 0 Å². The van der Waals surface area contributed by atoms with E-state index in [1.165, 1.54) is 0 Å². The third-order valence-electron chi connectivity index (χ3n) is 4.37. The molecular formula is C18H16Cl3NO3S. The van der Waals surface area contributed by atoms with Crippen LogP contribution in [0.5, 0.6) is 0 Å². The van der Waals surface area contributed by atoms with Crippen LogP contribution >= 0.6 is 34.8 Å². The lowest BCUT2D eigenvalue weighted by Gasteiger charge is -2.29. The highest BCUT2D eigenvalue weighted by atomic mass is 35.5. The van der Waals surface area contributed by atoms with Crippen LogP contribution in [-0.2, 0) is 16.4 Å². The largest absolute Gasteiger partial charge is 0.330 e. The van der Waals surface area contributed by atoms with Gasteiger partial charge in [0.05, 0.1) is 22.1 Å². The van der Waals surface area contributed by atoms with E-state index >= 15 is 0 Å². The van der Waals surface area contributed by atoms with Crippen molar-refractivity contribution in [3.05, 3.63) is 68.7 Å². The fourth-order valence-electron chi connectivity index (χ4n) is 3.01. The molecule has 1 aliphatic heterocycles.